The van der Waals surface area contributed by atoms with Crippen LogP contribution in [0.25, 0.3) is 10.9 Å². The van der Waals surface area contributed by atoms with E-state index < -0.39 is 0 Å². The maximum absolute atomic E-state index is 13.7. The summed E-state index contributed by atoms with van der Waals surface area (Å²) >= 11 is 0. The van der Waals surface area contributed by atoms with Crippen LogP contribution in [-0.4, -0.2) is 64.6 Å². The molecule has 10 heteroatoms. The molecule has 2 aromatic heterocycles. The van der Waals surface area contributed by atoms with Gasteiger partial charge in [-0.2, -0.15) is 0 Å². The number of fused-ring (bicyclic) bond motifs is 9. The Morgan fingerprint density at radius 3 is 2.64 bits per heavy atom. The summed E-state index contributed by atoms with van der Waals surface area (Å²) in [6.45, 7) is 3.74. The number of aryl methyl sites for hydroxylation is 1. The van der Waals surface area contributed by atoms with Crippen molar-refractivity contribution in [2.75, 3.05) is 32.8 Å². The van der Waals surface area contributed by atoms with E-state index in [1.54, 1.807) is 30.0 Å². The van der Waals surface area contributed by atoms with Crippen molar-refractivity contribution >= 4 is 22.7 Å². The van der Waals surface area contributed by atoms with E-state index >= 15 is 0 Å². The number of ether oxygens (including phenoxy) is 2. The van der Waals surface area contributed by atoms with E-state index in [1.165, 1.54) is 12.1 Å². The molecular formula is C34H31FN4O5. The molecule has 224 valence electrons. The van der Waals surface area contributed by atoms with Gasteiger partial charge in [-0.3, -0.25) is 9.59 Å². The van der Waals surface area contributed by atoms with E-state index in [0.29, 0.717) is 79.5 Å². The fourth-order valence-electron chi connectivity index (χ4n) is 6.08. The van der Waals surface area contributed by atoms with Gasteiger partial charge in [-0.05, 0) is 85.0 Å². The average molecular weight is 595 g/mol. The quantitative estimate of drug-likeness (QED) is 0.282. The van der Waals surface area contributed by atoms with Gasteiger partial charge in [0.2, 0.25) is 0 Å². The molecule has 5 aromatic rings. The van der Waals surface area contributed by atoms with Crippen LogP contribution < -0.4 is 9.47 Å². The summed E-state index contributed by atoms with van der Waals surface area (Å²) in [6.07, 6.45) is 1.23. The molecule has 3 aliphatic heterocycles. The van der Waals surface area contributed by atoms with Gasteiger partial charge in [-0.15, -0.1) is 0 Å². The van der Waals surface area contributed by atoms with Crippen LogP contribution >= 0.6 is 0 Å². The lowest BCUT2D eigenvalue weighted by Gasteiger charge is -2.37. The van der Waals surface area contributed by atoms with E-state index in [4.69, 9.17) is 14.0 Å². The molecule has 0 saturated heterocycles. The van der Waals surface area contributed by atoms with Crippen molar-refractivity contribution in [2.24, 2.45) is 0 Å². The molecule has 1 N–H and O–H groups in total. The largest absolute Gasteiger partial charge is 0.494 e. The van der Waals surface area contributed by atoms with E-state index in [-0.39, 0.29) is 29.4 Å². The SMILES string of the molecule is Cc1cc(C(=O)N2CCc3cc4ccc3C2c2cccc(c2)OCCCN(C(=O)c2cc3cc(F)ccc3[nH]2)CCO4)no1. The molecule has 1 atom stereocenters. The summed E-state index contributed by atoms with van der Waals surface area (Å²) in [4.78, 5) is 33.9. The number of nitrogens with zero attached hydrogens (tertiary/aromatic N) is 3. The Balaban J connectivity index is 1.18. The van der Waals surface area contributed by atoms with Crippen molar-refractivity contribution in [3.05, 3.63) is 112 Å². The van der Waals surface area contributed by atoms with Crippen LogP contribution in [0.1, 0.15) is 55.9 Å². The maximum atomic E-state index is 13.7. The summed E-state index contributed by atoms with van der Waals surface area (Å²) in [5.74, 6) is 1.24. The minimum atomic E-state index is -0.351. The fourth-order valence-corrected chi connectivity index (χ4v) is 6.08. The van der Waals surface area contributed by atoms with Crippen LogP contribution in [0.15, 0.2) is 77.3 Å². The van der Waals surface area contributed by atoms with E-state index in [1.807, 2.05) is 47.4 Å². The van der Waals surface area contributed by atoms with Gasteiger partial charge in [0.05, 0.1) is 19.2 Å². The van der Waals surface area contributed by atoms with Crippen molar-refractivity contribution < 1.29 is 28.0 Å². The van der Waals surface area contributed by atoms with Gasteiger partial charge >= 0.3 is 0 Å². The van der Waals surface area contributed by atoms with Crippen LogP contribution in [0.3, 0.4) is 0 Å². The zero-order valence-electron chi connectivity index (χ0n) is 24.2. The number of hydrogen-bond acceptors (Lipinski definition) is 6. The van der Waals surface area contributed by atoms with Crippen LogP contribution in [0, 0.1) is 12.7 Å². The molecule has 0 fully saturated rings. The Labute approximate surface area is 253 Å². The molecule has 3 aliphatic rings. The van der Waals surface area contributed by atoms with Gasteiger partial charge in [0, 0.05) is 30.1 Å². The summed E-state index contributed by atoms with van der Waals surface area (Å²) < 4.78 is 31.3. The third-order valence-corrected chi connectivity index (χ3v) is 8.20. The molecule has 0 spiro atoms. The van der Waals surface area contributed by atoms with Crippen LogP contribution in [0.5, 0.6) is 11.5 Å². The summed E-state index contributed by atoms with van der Waals surface area (Å²) in [5.41, 5.74) is 4.40. The fraction of sp³-hybridized carbons (Fsp3) is 0.265. The molecule has 1 unspecified atom stereocenters. The Kier molecular flexibility index (Phi) is 7.25. The normalized spacial score (nSPS) is 16.9. The second-order valence-corrected chi connectivity index (χ2v) is 11.2. The van der Waals surface area contributed by atoms with Crippen molar-refractivity contribution in [1.29, 1.82) is 0 Å². The highest BCUT2D eigenvalue weighted by Gasteiger charge is 2.34. The van der Waals surface area contributed by atoms with Crippen molar-refractivity contribution in [3.63, 3.8) is 0 Å². The highest BCUT2D eigenvalue weighted by Crippen LogP contribution is 2.38. The predicted molar refractivity (Wildman–Crippen MR) is 160 cm³/mol. The minimum absolute atomic E-state index is 0.186. The number of carbonyl (C=O) groups excluding carboxylic acids is 2. The standard InChI is InChI=1S/C34H31FN4O5/c1-21-16-31(37-44-21)34(41)39-12-10-22-18-27-7-8-28(22)32(39)23-4-2-5-26(19-23)42-14-3-11-38(13-15-43-27)33(40)30-20-24-17-25(35)6-9-29(24)36-30/h2,4-9,16-20,32,36H,3,10-15H2,1H3. The zero-order valence-corrected chi connectivity index (χ0v) is 24.2. The summed E-state index contributed by atoms with van der Waals surface area (Å²) in [5, 5.41) is 4.63. The van der Waals surface area contributed by atoms with Crippen molar-refractivity contribution in [2.45, 2.75) is 25.8 Å². The van der Waals surface area contributed by atoms with E-state index in [2.05, 4.69) is 10.1 Å². The Hall–Kier alpha value is -5.12. The molecule has 0 aliphatic carbocycles. The summed E-state index contributed by atoms with van der Waals surface area (Å²) in [7, 11) is 0. The van der Waals surface area contributed by atoms with Crippen molar-refractivity contribution in [3.8, 4) is 11.5 Å². The Morgan fingerprint density at radius 1 is 0.909 bits per heavy atom. The number of carbonyl (C=O) groups is 2. The van der Waals surface area contributed by atoms with Gasteiger partial charge < -0.3 is 28.8 Å². The Bertz CT molecular complexity index is 1860. The highest BCUT2D eigenvalue weighted by molar-refractivity contribution is 5.98. The molecule has 44 heavy (non-hydrogen) atoms. The number of benzene rings is 3. The number of halogens is 1. The van der Waals surface area contributed by atoms with Crippen molar-refractivity contribution in [1.82, 2.24) is 19.9 Å². The van der Waals surface area contributed by atoms with Crippen LogP contribution in [-0.2, 0) is 6.42 Å². The molecule has 8 rings (SSSR count). The molecule has 0 saturated carbocycles. The number of hydrogen-bond donors (Lipinski definition) is 1. The van der Waals surface area contributed by atoms with Crippen LogP contribution in [0.4, 0.5) is 4.39 Å². The monoisotopic (exact) mass is 594 g/mol. The molecule has 5 heterocycles. The summed E-state index contributed by atoms with van der Waals surface area (Å²) in [6, 6.07) is 21.1. The molecule has 9 nitrogen and oxygen atoms in total. The van der Waals surface area contributed by atoms with Gasteiger partial charge in [0.15, 0.2) is 5.69 Å². The molecule has 3 aromatic carbocycles. The lowest BCUT2D eigenvalue weighted by Crippen LogP contribution is -2.40. The number of H-pyrrole nitrogens is 1. The van der Waals surface area contributed by atoms with Gasteiger partial charge in [-0.1, -0.05) is 23.4 Å². The average Bonchev–Trinajstić information content (AvgIpc) is 3.66. The molecule has 6 bridgehead atoms. The lowest BCUT2D eigenvalue weighted by atomic mass is 9.87. The smallest absolute Gasteiger partial charge is 0.276 e. The minimum Gasteiger partial charge on any atom is -0.494 e. The van der Waals surface area contributed by atoms with E-state index in [9.17, 15) is 14.0 Å². The third kappa shape index (κ3) is 5.39. The maximum Gasteiger partial charge on any atom is 0.276 e. The number of amides is 2. The first-order chi connectivity index (χ1) is 21.4. The third-order valence-electron chi connectivity index (χ3n) is 8.20. The highest BCUT2D eigenvalue weighted by atomic mass is 19.1. The van der Waals surface area contributed by atoms with Gasteiger partial charge in [-0.25, -0.2) is 4.39 Å². The van der Waals surface area contributed by atoms with E-state index in [0.717, 1.165) is 16.7 Å². The van der Waals surface area contributed by atoms with Crippen LogP contribution in [0.2, 0.25) is 0 Å². The molecular weight excluding hydrogens is 563 g/mol. The number of nitrogens with one attached hydrogen (secondary N) is 1. The second kappa shape index (κ2) is 11.5. The molecule has 2 amide bonds. The first-order valence-electron chi connectivity index (χ1n) is 14.7. The predicted octanol–water partition coefficient (Wildman–Crippen LogP) is 5.70. The molecule has 0 radical (unpaired) electrons. The number of aromatic amines is 1. The lowest BCUT2D eigenvalue weighted by molar-refractivity contribution is 0.0679. The number of aromatic nitrogens is 2. The number of rotatable bonds is 2. The second-order valence-electron chi connectivity index (χ2n) is 11.2. The van der Waals surface area contributed by atoms with Gasteiger partial charge in [0.25, 0.3) is 11.8 Å². The Morgan fingerprint density at radius 2 is 1.77 bits per heavy atom. The topological polar surface area (TPSA) is 101 Å². The van der Waals surface area contributed by atoms with Gasteiger partial charge in [0.1, 0.15) is 35.4 Å². The zero-order chi connectivity index (χ0) is 30.2. The first kappa shape index (κ1) is 27.7. The first-order valence-corrected chi connectivity index (χ1v) is 14.7.